The minimum atomic E-state index is -0.516. The summed E-state index contributed by atoms with van der Waals surface area (Å²) < 4.78 is 25.1. The normalized spacial score (nSPS) is 16.1. The third-order valence-electron chi connectivity index (χ3n) is 5.59. The van der Waals surface area contributed by atoms with Crippen molar-refractivity contribution in [2.75, 3.05) is 7.11 Å². The van der Waals surface area contributed by atoms with E-state index in [0.717, 1.165) is 11.1 Å². The number of amides is 1. The molecule has 0 aliphatic carbocycles. The van der Waals surface area contributed by atoms with Crippen LogP contribution in [0.25, 0.3) is 6.08 Å². The van der Waals surface area contributed by atoms with E-state index in [4.69, 9.17) is 14.9 Å². The van der Waals surface area contributed by atoms with Gasteiger partial charge in [-0.1, -0.05) is 54.1 Å². The first-order valence-electron chi connectivity index (χ1n) is 11.0. The van der Waals surface area contributed by atoms with Gasteiger partial charge < -0.3 is 9.47 Å². The molecule has 1 N–H and O–H groups in total. The fraction of sp³-hybridized carbons (Fsp3) is 0.111. The smallest absolute Gasteiger partial charge is 0.283 e. The van der Waals surface area contributed by atoms with Gasteiger partial charge in [-0.05, 0) is 48.5 Å². The highest BCUT2D eigenvalue weighted by Gasteiger charge is 2.36. The molecule has 3 aromatic carbocycles. The predicted molar refractivity (Wildman–Crippen MR) is 139 cm³/mol. The van der Waals surface area contributed by atoms with Crippen molar-refractivity contribution in [3.8, 4) is 11.5 Å². The van der Waals surface area contributed by atoms with E-state index in [1.165, 1.54) is 29.9 Å². The van der Waals surface area contributed by atoms with Crippen molar-refractivity contribution < 1.29 is 18.7 Å². The number of aliphatic imine (C=N–C) groups is 1. The monoisotopic (exact) mass is 500 g/mol. The Labute approximate surface area is 211 Å². The predicted octanol–water partition coefficient (Wildman–Crippen LogP) is 5.39. The Morgan fingerprint density at radius 3 is 2.61 bits per heavy atom. The van der Waals surface area contributed by atoms with Crippen LogP contribution in [0.15, 0.2) is 82.4 Å². The van der Waals surface area contributed by atoms with Crippen molar-refractivity contribution >= 4 is 39.8 Å². The first kappa shape index (κ1) is 23.5. The van der Waals surface area contributed by atoms with Gasteiger partial charge in [0.05, 0.1) is 12.7 Å². The van der Waals surface area contributed by atoms with Crippen LogP contribution in [0.4, 0.5) is 4.39 Å². The van der Waals surface area contributed by atoms with E-state index in [0.29, 0.717) is 32.8 Å². The van der Waals surface area contributed by atoms with Crippen LogP contribution in [0.5, 0.6) is 11.5 Å². The largest absolute Gasteiger partial charge is 0.493 e. The second-order valence-corrected chi connectivity index (χ2v) is 9.04. The summed E-state index contributed by atoms with van der Waals surface area (Å²) >= 11 is 1.26. The molecule has 0 unspecified atom stereocenters. The molecule has 0 spiro atoms. The van der Waals surface area contributed by atoms with Crippen molar-refractivity contribution in [2.24, 2.45) is 10.1 Å². The first-order valence-corrected chi connectivity index (χ1v) is 11.9. The van der Waals surface area contributed by atoms with Gasteiger partial charge in [-0.25, -0.2) is 4.39 Å². The molecule has 5 rings (SSSR count). The van der Waals surface area contributed by atoms with Gasteiger partial charge in [0.1, 0.15) is 17.5 Å². The van der Waals surface area contributed by atoms with E-state index < -0.39 is 5.91 Å². The number of ether oxygens (including phenoxy) is 2. The number of fused-ring (bicyclic) bond motifs is 1. The number of benzene rings is 3. The second-order valence-electron chi connectivity index (χ2n) is 8.08. The minimum Gasteiger partial charge on any atom is -0.493 e. The number of nitrogens with zero attached hydrogens (tertiary/aromatic N) is 3. The lowest BCUT2D eigenvalue weighted by Gasteiger charge is -2.20. The zero-order valence-electron chi connectivity index (χ0n) is 19.5. The van der Waals surface area contributed by atoms with E-state index in [2.05, 4.69) is 10.1 Å². The number of amidine groups is 2. The number of halogens is 1. The van der Waals surface area contributed by atoms with Crippen LogP contribution in [0.1, 0.15) is 22.3 Å². The van der Waals surface area contributed by atoms with Crippen LogP contribution in [0, 0.1) is 18.2 Å². The summed E-state index contributed by atoms with van der Waals surface area (Å²) in [4.78, 5) is 16.9. The molecule has 180 valence electrons. The third-order valence-corrected chi connectivity index (χ3v) is 6.55. The molecular formula is C27H21FN4O3S. The van der Waals surface area contributed by atoms with Crippen molar-refractivity contribution in [2.45, 2.75) is 13.5 Å². The highest BCUT2D eigenvalue weighted by atomic mass is 32.2. The van der Waals surface area contributed by atoms with Gasteiger partial charge in [-0.3, -0.25) is 10.2 Å². The molecule has 7 nitrogen and oxygen atoms in total. The number of carbonyl (C=O) groups excluding carboxylic acids is 1. The molecule has 0 fully saturated rings. The van der Waals surface area contributed by atoms with Crippen molar-refractivity contribution in [3.63, 3.8) is 0 Å². The minimum absolute atomic E-state index is 0.0397. The van der Waals surface area contributed by atoms with Gasteiger partial charge in [0.25, 0.3) is 5.91 Å². The molecule has 2 heterocycles. The maximum atomic E-state index is 13.9. The fourth-order valence-electron chi connectivity index (χ4n) is 3.64. The highest BCUT2D eigenvalue weighted by Crippen LogP contribution is 2.33. The summed E-state index contributed by atoms with van der Waals surface area (Å²) in [7, 11) is 1.50. The number of aryl methyl sites for hydroxylation is 1. The first-order chi connectivity index (χ1) is 17.4. The molecule has 0 saturated heterocycles. The topological polar surface area (TPSA) is 87.3 Å². The zero-order chi connectivity index (χ0) is 25.2. The summed E-state index contributed by atoms with van der Waals surface area (Å²) in [6, 6.07) is 19.3. The Kier molecular flexibility index (Phi) is 6.39. The SMILES string of the molecule is COc1cc(C=C2C(=N)N3N=C(c4ccc(C)cc4)SC3=NC2=O)ccc1OCc1ccccc1F. The highest BCUT2D eigenvalue weighted by molar-refractivity contribution is 8.27. The summed E-state index contributed by atoms with van der Waals surface area (Å²) in [6.45, 7) is 2.04. The van der Waals surface area contributed by atoms with E-state index in [1.54, 1.807) is 42.5 Å². The summed E-state index contributed by atoms with van der Waals surface area (Å²) in [6.07, 6.45) is 1.57. The van der Waals surface area contributed by atoms with Crippen LogP contribution in [-0.4, -0.2) is 34.1 Å². The quantitative estimate of drug-likeness (QED) is 0.459. The number of carbonyl (C=O) groups is 1. The average Bonchev–Trinajstić information content (AvgIpc) is 3.31. The molecule has 0 radical (unpaired) electrons. The number of hydrogen-bond acceptors (Lipinski definition) is 6. The number of thioether (sulfide) groups is 1. The Hall–Kier alpha value is -4.24. The lowest BCUT2D eigenvalue weighted by molar-refractivity contribution is -0.114. The Morgan fingerprint density at radius 1 is 1.08 bits per heavy atom. The van der Waals surface area contributed by atoms with Crippen molar-refractivity contribution in [1.82, 2.24) is 5.01 Å². The number of hydrazone groups is 1. The zero-order valence-corrected chi connectivity index (χ0v) is 20.3. The molecule has 2 aliphatic rings. The molecule has 9 heteroatoms. The lowest BCUT2D eigenvalue weighted by Crippen LogP contribution is -2.35. The number of hydrogen-bond donors (Lipinski definition) is 1. The molecular weight excluding hydrogens is 479 g/mol. The van der Waals surface area contributed by atoms with Crippen LogP contribution < -0.4 is 9.47 Å². The van der Waals surface area contributed by atoms with Gasteiger partial charge in [0.2, 0.25) is 5.17 Å². The molecule has 3 aromatic rings. The number of methoxy groups -OCH3 is 1. The van der Waals surface area contributed by atoms with E-state index >= 15 is 0 Å². The molecule has 0 bridgehead atoms. The maximum absolute atomic E-state index is 13.9. The van der Waals surface area contributed by atoms with Crippen molar-refractivity contribution in [3.05, 3.63) is 100 Å². The van der Waals surface area contributed by atoms with Gasteiger partial charge >= 0.3 is 0 Å². The molecule has 1 amide bonds. The number of rotatable bonds is 6. The molecule has 2 aliphatic heterocycles. The van der Waals surface area contributed by atoms with Gasteiger partial charge in [0, 0.05) is 11.1 Å². The lowest BCUT2D eigenvalue weighted by atomic mass is 10.1. The second kappa shape index (κ2) is 9.79. The maximum Gasteiger partial charge on any atom is 0.283 e. The Balaban J connectivity index is 1.38. The van der Waals surface area contributed by atoms with Crippen LogP contribution >= 0.6 is 11.8 Å². The molecule has 36 heavy (non-hydrogen) atoms. The molecule has 0 aromatic heterocycles. The summed E-state index contributed by atoms with van der Waals surface area (Å²) in [5, 5.41) is 15.5. The van der Waals surface area contributed by atoms with Crippen molar-refractivity contribution in [1.29, 1.82) is 5.41 Å². The van der Waals surface area contributed by atoms with Gasteiger partial charge in [-0.2, -0.15) is 15.1 Å². The van der Waals surface area contributed by atoms with Crippen LogP contribution in [-0.2, 0) is 11.4 Å². The third kappa shape index (κ3) is 4.65. The van der Waals surface area contributed by atoms with E-state index in [-0.39, 0.29) is 23.8 Å². The summed E-state index contributed by atoms with van der Waals surface area (Å²) in [5.41, 5.74) is 3.17. The van der Waals surface area contributed by atoms with E-state index in [1.807, 2.05) is 31.2 Å². The van der Waals surface area contributed by atoms with Gasteiger partial charge in [-0.15, -0.1) is 0 Å². The molecule has 0 saturated carbocycles. The Morgan fingerprint density at radius 2 is 1.86 bits per heavy atom. The average molecular weight is 501 g/mol. The Bertz CT molecular complexity index is 1460. The molecule has 0 atom stereocenters. The summed E-state index contributed by atoms with van der Waals surface area (Å²) in [5.74, 6) is -0.0793. The van der Waals surface area contributed by atoms with E-state index in [9.17, 15) is 9.18 Å². The van der Waals surface area contributed by atoms with Crippen LogP contribution in [0.2, 0.25) is 0 Å². The fourth-order valence-corrected chi connectivity index (χ4v) is 4.53. The standard InChI is InChI=1S/C27H21FN4O3S/c1-16-7-10-18(11-8-16)26-31-32-24(29)20(25(33)30-27(32)36-26)13-17-9-12-22(23(14-17)34-2)35-15-19-5-3-4-6-21(19)28/h3-14,29H,15H2,1-2H3. The van der Waals surface area contributed by atoms with Gasteiger partial charge in [0.15, 0.2) is 17.3 Å². The number of nitrogens with one attached hydrogen (secondary N) is 1. The van der Waals surface area contributed by atoms with Crippen LogP contribution in [0.3, 0.4) is 0 Å².